The number of nitrogens with zero attached hydrogens (tertiary/aromatic N) is 2. The monoisotopic (exact) mass is 520 g/mol. The molecule has 2 aromatic carbocycles. The van der Waals surface area contributed by atoms with E-state index in [2.05, 4.69) is 15.6 Å². The number of thiazole rings is 1. The molecule has 9 nitrogen and oxygen atoms in total. The molecular weight excluding hydrogens is 492 g/mol. The molecule has 10 heteroatoms. The van der Waals surface area contributed by atoms with Crippen LogP contribution in [-0.4, -0.2) is 46.7 Å². The largest absolute Gasteiger partial charge is 0.496 e. The number of carbonyl (C=O) groups is 4. The number of carbonyl (C=O) groups excluding carboxylic acids is 4. The first kappa shape index (κ1) is 26.0. The van der Waals surface area contributed by atoms with Crippen LogP contribution in [0.2, 0.25) is 0 Å². The molecule has 3 atom stereocenters. The van der Waals surface area contributed by atoms with E-state index in [9.17, 15) is 19.2 Å². The minimum absolute atomic E-state index is 0.141. The van der Waals surface area contributed by atoms with Crippen LogP contribution >= 0.6 is 11.3 Å². The van der Waals surface area contributed by atoms with Crippen molar-refractivity contribution >= 4 is 40.1 Å². The van der Waals surface area contributed by atoms with Gasteiger partial charge in [0.15, 0.2) is 10.9 Å². The van der Waals surface area contributed by atoms with E-state index in [1.807, 2.05) is 37.3 Å². The SMILES string of the molecule is CCC(=O)c1csc(NC(=O)C([C@@H](C)c2ccccc2)N2C(=O)N[C@H](c3ccc(OC)c(C)c3)C2=O)n1. The average Bonchev–Trinajstić information content (AvgIpc) is 3.48. The van der Waals surface area contributed by atoms with E-state index in [-0.39, 0.29) is 16.6 Å². The second kappa shape index (κ2) is 10.9. The van der Waals surface area contributed by atoms with Crippen molar-refractivity contribution < 1.29 is 23.9 Å². The molecule has 1 aliphatic heterocycles. The number of hydrogen-bond donors (Lipinski definition) is 2. The van der Waals surface area contributed by atoms with E-state index in [1.54, 1.807) is 44.5 Å². The Morgan fingerprint density at radius 2 is 1.92 bits per heavy atom. The van der Waals surface area contributed by atoms with Crippen LogP contribution in [0.3, 0.4) is 0 Å². The Morgan fingerprint density at radius 3 is 2.57 bits per heavy atom. The van der Waals surface area contributed by atoms with E-state index in [4.69, 9.17) is 4.74 Å². The molecule has 1 fully saturated rings. The molecule has 0 saturated carbocycles. The summed E-state index contributed by atoms with van der Waals surface area (Å²) >= 11 is 1.11. The Bertz CT molecular complexity index is 1340. The highest BCUT2D eigenvalue weighted by Crippen LogP contribution is 2.32. The highest BCUT2D eigenvalue weighted by atomic mass is 32.1. The third kappa shape index (κ3) is 5.24. The van der Waals surface area contributed by atoms with E-state index in [0.29, 0.717) is 17.7 Å². The van der Waals surface area contributed by atoms with Gasteiger partial charge >= 0.3 is 6.03 Å². The van der Waals surface area contributed by atoms with Crippen molar-refractivity contribution in [2.24, 2.45) is 0 Å². The lowest BCUT2D eigenvalue weighted by Crippen LogP contribution is -2.50. The molecule has 2 N–H and O–H groups in total. The van der Waals surface area contributed by atoms with Crippen LogP contribution in [0.1, 0.15) is 59.4 Å². The number of nitrogens with one attached hydrogen (secondary N) is 2. The van der Waals surface area contributed by atoms with Crippen molar-refractivity contribution in [3.8, 4) is 5.75 Å². The van der Waals surface area contributed by atoms with Crippen molar-refractivity contribution in [2.75, 3.05) is 12.4 Å². The zero-order chi connectivity index (χ0) is 26.7. The summed E-state index contributed by atoms with van der Waals surface area (Å²) in [5.74, 6) is -1.10. The topological polar surface area (TPSA) is 118 Å². The third-order valence-electron chi connectivity index (χ3n) is 6.41. The van der Waals surface area contributed by atoms with E-state index in [0.717, 1.165) is 27.4 Å². The predicted octanol–water partition coefficient (Wildman–Crippen LogP) is 4.46. The molecule has 0 aliphatic carbocycles. The lowest BCUT2D eigenvalue weighted by Gasteiger charge is -2.29. The summed E-state index contributed by atoms with van der Waals surface area (Å²) in [6.07, 6.45) is 0.291. The summed E-state index contributed by atoms with van der Waals surface area (Å²) in [7, 11) is 1.56. The predicted molar refractivity (Wildman–Crippen MR) is 140 cm³/mol. The Morgan fingerprint density at radius 1 is 1.19 bits per heavy atom. The number of ether oxygens (including phenoxy) is 1. The van der Waals surface area contributed by atoms with Gasteiger partial charge in [0.2, 0.25) is 5.91 Å². The van der Waals surface area contributed by atoms with Gasteiger partial charge in [0.05, 0.1) is 7.11 Å². The molecule has 3 aromatic rings. The number of benzene rings is 2. The van der Waals surface area contributed by atoms with Crippen LogP contribution in [-0.2, 0) is 9.59 Å². The number of aromatic nitrogens is 1. The minimum atomic E-state index is -1.16. The number of anilines is 1. The van der Waals surface area contributed by atoms with Gasteiger partial charge in [-0.15, -0.1) is 11.3 Å². The molecule has 192 valence electrons. The van der Waals surface area contributed by atoms with Gasteiger partial charge in [-0.05, 0) is 35.7 Å². The van der Waals surface area contributed by atoms with Crippen molar-refractivity contribution in [1.82, 2.24) is 15.2 Å². The van der Waals surface area contributed by atoms with Gasteiger partial charge in [0.25, 0.3) is 5.91 Å². The van der Waals surface area contributed by atoms with Gasteiger partial charge in [-0.3, -0.25) is 14.4 Å². The highest BCUT2D eigenvalue weighted by molar-refractivity contribution is 7.14. The summed E-state index contributed by atoms with van der Waals surface area (Å²) < 4.78 is 5.30. The van der Waals surface area contributed by atoms with Gasteiger partial charge in [-0.25, -0.2) is 14.7 Å². The Hall–Kier alpha value is -4.05. The number of ketones is 1. The highest BCUT2D eigenvalue weighted by Gasteiger charge is 2.47. The quantitative estimate of drug-likeness (QED) is 0.318. The van der Waals surface area contributed by atoms with Crippen LogP contribution in [0.5, 0.6) is 5.75 Å². The fourth-order valence-corrected chi connectivity index (χ4v) is 5.11. The van der Waals surface area contributed by atoms with Crippen LogP contribution in [0.15, 0.2) is 53.9 Å². The van der Waals surface area contributed by atoms with E-state index >= 15 is 0 Å². The number of rotatable bonds is 9. The second-order valence-corrected chi connectivity index (χ2v) is 9.63. The molecule has 1 aromatic heterocycles. The number of urea groups is 1. The smallest absolute Gasteiger partial charge is 0.325 e. The minimum Gasteiger partial charge on any atom is -0.496 e. The number of hydrogen-bond acceptors (Lipinski definition) is 7. The maximum atomic E-state index is 13.6. The summed E-state index contributed by atoms with van der Waals surface area (Å²) in [4.78, 5) is 57.6. The molecule has 1 saturated heterocycles. The first-order valence-corrected chi connectivity index (χ1v) is 12.8. The Labute approximate surface area is 218 Å². The number of aryl methyl sites for hydroxylation is 1. The Kier molecular flexibility index (Phi) is 7.68. The van der Waals surface area contributed by atoms with Gasteiger partial charge in [-0.1, -0.05) is 50.2 Å². The molecular formula is C27H28N4O5S. The van der Waals surface area contributed by atoms with Gasteiger partial charge in [0, 0.05) is 17.7 Å². The first-order valence-electron chi connectivity index (χ1n) is 11.9. The lowest BCUT2D eigenvalue weighted by molar-refractivity contribution is -0.134. The third-order valence-corrected chi connectivity index (χ3v) is 7.17. The standard InChI is InChI=1S/C27H28N4O5S/c1-5-20(32)19-14-37-26(28-19)30-24(33)23(16(3)17-9-7-6-8-10-17)31-25(34)22(29-27(31)35)18-11-12-21(36-4)15(2)13-18/h6-14,16,22-23H,5H2,1-4H3,(H,29,35)(H,28,30,33)/t16-,22+,23?/m0/s1. The van der Waals surface area contributed by atoms with Crippen molar-refractivity contribution in [3.63, 3.8) is 0 Å². The summed E-state index contributed by atoms with van der Waals surface area (Å²) in [6, 6.07) is 11.7. The fourth-order valence-electron chi connectivity index (χ4n) is 4.39. The summed E-state index contributed by atoms with van der Waals surface area (Å²) in [5, 5.41) is 7.24. The molecule has 1 aliphatic rings. The normalized spacial score (nSPS) is 16.8. The van der Waals surface area contributed by atoms with Gasteiger partial charge in [-0.2, -0.15) is 0 Å². The lowest BCUT2D eigenvalue weighted by atomic mass is 9.91. The van der Waals surface area contributed by atoms with Crippen molar-refractivity contribution in [2.45, 2.75) is 45.2 Å². The van der Waals surface area contributed by atoms with Crippen LogP contribution < -0.4 is 15.4 Å². The molecule has 0 radical (unpaired) electrons. The molecule has 0 bridgehead atoms. The zero-order valence-corrected chi connectivity index (χ0v) is 21.8. The molecule has 4 amide bonds. The van der Waals surface area contributed by atoms with Crippen LogP contribution in [0, 0.1) is 6.92 Å². The maximum absolute atomic E-state index is 13.6. The van der Waals surface area contributed by atoms with E-state index < -0.39 is 35.8 Å². The van der Waals surface area contributed by atoms with Crippen molar-refractivity contribution in [3.05, 3.63) is 76.3 Å². The molecule has 2 heterocycles. The molecule has 37 heavy (non-hydrogen) atoms. The first-order chi connectivity index (χ1) is 17.7. The average molecular weight is 521 g/mol. The number of methoxy groups -OCH3 is 1. The number of imide groups is 1. The summed E-state index contributed by atoms with van der Waals surface area (Å²) in [6.45, 7) is 5.37. The molecule has 1 unspecified atom stereocenters. The number of Topliss-reactive ketones (excluding diaryl/α,β-unsaturated/α-hetero) is 1. The molecule has 0 spiro atoms. The van der Waals surface area contributed by atoms with Crippen LogP contribution in [0.25, 0.3) is 0 Å². The fraction of sp³-hybridized carbons (Fsp3) is 0.296. The Balaban J connectivity index is 1.67. The van der Waals surface area contributed by atoms with Gasteiger partial charge < -0.3 is 15.4 Å². The van der Waals surface area contributed by atoms with Crippen LogP contribution in [0.4, 0.5) is 9.93 Å². The maximum Gasteiger partial charge on any atom is 0.325 e. The zero-order valence-electron chi connectivity index (χ0n) is 21.0. The molecule has 4 rings (SSSR count). The van der Waals surface area contributed by atoms with Crippen molar-refractivity contribution in [1.29, 1.82) is 0 Å². The van der Waals surface area contributed by atoms with Gasteiger partial charge in [0.1, 0.15) is 23.5 Å². The summed E-state index contributed by atoms with van der Waals surface area (Å²) in [5.41, 5.74) is 2.45. The number of amides is 4. The van der Waals surface area contributed by atoms with E-state index in [1.165, 1.54) is 0 Å². The second-order valence-electron chi connectivity index (χ2n) is 8.77.